The Kier molecular flexibility index (Phi) is 3.05. The summed E-state index contributed by atoms with van der Waals surface area (Å²) in [5.74, 6) is -1.31. The van der Waals surface area contributed by atoms with Crippen LogP contribution in [0.5, 0.6) is 5.75 Å². The average molecular weight is 271 g/mol. The minimum Gasteiger partial charge on any atom is -0.496 e. The van der Waals surface area contributed by atoms with Crippen LogP contribution in [0.4, 0.5) is 13.2 Å². The maximum Gasteiger partial charge on any atom is 0.433 e. The van der Waals surface area contributed by atoms with Crippen molar-refractivity contribution in [3.8, 4) is 5.75 Å². The Morgan fingerprint density at radius 2 is 2.05 bits per heavy atom. The van der Waals surface area contributed by atoms with Gasteiger partial charge in [0.05, 0.1) is 23.6 Å². The van der Waals surface area contributed by atoms with Crippen LogP contribution in [0.1, 0.15) is 16.1 Å². The number of carboxylic acid groups (broad SMARTS) is 1. The Balaban J connectivity index is 2.87. The number of fused-ring (bicyclic) bond motifs is 1. The summed E-state index contributed by atoms with van der Waals surface area (Å²) in [5, 5.41) is 9.09. The number of benzene rings is 1. The molecule has 1 N–H and O–H groups in total. The number of halogens is 3. The maximum atomic E-state index is 12.7. The van der Waals surface area contributed by atoms with Gasteiger partial charge in [-0.3, -0.25) is 0 Å². The number of pyridine rings is 1. The monoisotopic (exact) mass is 271 g/mol. The van der Waals surface area contributed by atoms with E-state index in [9.17, 15) is 18.0 Å². The largest absolute Gasteiger partial charge is 0.496 e. The molecule has 2 aromatic rings. The van der Waals surface area contributed by atoms with Crippen LogP contribution < -0.4 is 4.74 Å². The lowest BCUT2D eigenvalue weighted by Gasteiger charge is -2.11. The molecule has 0 saturated carbocycles. The van der Waals surface area contributed by atoms with E-state index in [0.717, 1.165) is 0 Å². The minimum atomic E-state index is -4.71. The van der Waals surface area contributed by atoms with E-state index < -0.39 is 23.4 Å². The highest BCUT2D eigenvalue weighted by Gasteiger charge is 2.34. The molecule has 1 heterocycles. The van der Waals surface area contributed by atoms with Crippen molar-refractivity contribution in [2.24, 2.45) is 0 Å². The molecule has 4 nitrogen and oxygen atoms in total. The molecule has 0 aliphatic rings. The molecule has 0 fully saturated rings. The van der Waals surface area contributed by atoms with E-state index in [1.165, 1.54) is 25.3 Å². The predicted molar refractivity (Wildman–Crippen MR) is 60.3 cm³/mol. The number of aromatic nitrogens is 1. The van der Waals surface area contributed by atoms with E-state index >= 15 is 0 Å². The van der Waals surface area contributed by atoms with Gasteiger partial charge in [0.15, 0.2) is 0 Å². The highest BCUT2D eigenvalue weighted by atomic mass is 19.4. The van der Waals surface area contributed by atoms with Crippen molar-refractivity contribution in [1.29, 1.82) is 0 Å². The summed E-state index contributed by atoms with van der Waals surface area (Å²) in [4.78, 5) is 14.5. The Morgan fingerprint density at radius 3 is 2.58 bits per heavy atom. The van der Waals surface area contributed by atoms with Gasteiger partial charge < -0.3 is 9.84 Å². The second-order valence-corrected chi connectivity index (χ2v) is 3.71. The molecule has 1 aromatic carbocycles. The van der Waals surface area contributed by atoms with Crippen LogP contribution in [0.3, 0.4) is 0 Å². The summed E-state index contributed by atoms with van der Waals surface area (Å²) < 4.78 is 42.9. The van der Waals surface area contributed by atoms with E-state index in [0.29, 0.717) is 6.07 Å². The van der Waals surface area contributed by atoms with Crippen LogP contribution in [0.25, 0.3) is 10.9 Å². The van der Waals surface area contributed by atoms with Gasteiger partial charge in [-0.1, -0.05) is 6.07 Å². The van der Waals surface area contributed by atoms with Gasteiger partial charge in [0.2, 0.25) is 0 Å². The number of hydrogen-bond donors (Lipinski definition) is 1. The first-order chi connectivity index (χ1) is 8.84. The van der Waals surface area contributed by atoms with Gasteiger partial charge in [0.1, 0.15) is 11.4 Å². The molecule has 2 rings (SSSR count). The SMILES string of the molecule is COc1cccc2nc(C(F)(F)F)cc(C(=O)O)c12. The van der Waals surface area contributed by atoms with Gasteiger partial charge in [0, 0.05) is 0 Å². The number of nitrogens with zero attached hydrogens (tertiary/aromatic N) is 1. The lowest BCUT2D eigenvalue weighted by molar-refractivity contribution is -0.141. The third-order valence-corrected chi connectivity index (χ3v) is 2.54. The second-order valence-electron chi connectivity index (χ2n) is 3.71. The number of hydrogen-bond acceptors (Lipinski definition) is 3. The highest BCUT2D eigenvalue weighted by Crippen LogP contribution is 2.34. The molecule has 19 heavy (non-hydrogen) atoms. The third-order valence-electron chi connectivity index (χ3n) is 2.54. The van der Waals surface area contributed by atoms with Gasteiger partial charge in [-0.05, 0) is 18.2 Å². The minimum absolute atomic E-state index is 0.0468. The van der Waals surface area contributed by atoms with Crippen LogP contribution in [0.2, 0.25) is 0 Å². The van der Waals surface area contributed by atoms with Crippen LogP contribution in [-0.2, 0) is 6.18 Å². The molecule has 0 unspecified atom stereocenters. The first-order valence-corrected chi connectivity index (χ1v) is 5.13. The van der Waals surface area contributed by atoms with E-state index in [1.54, 1.807) is 0 Å². The molecule has 7 heteroatoms. The summed E-state index contributed by atoms with van der Waals surface area (Å²) in [5.41, 5.74) is -1.81. The Labute approximate surface area is 105 Å². The quantitative estimate of drug-likeness (QED) is 0.912. The molecule has 0 atom stereocenters. The van der Waals surface area contributed by atoms with Gasteiger partial charge in [-0.25, -0.2) is 9.78 Å². The van der Waals surface area contributed by atoms with Crippen LogP contribution in [0.15, 0.2) is 24.3 Å². The third kappa shape index (κ3) is 2.31. The average Bonchev–Trinajstić information content (AvgIpc) is 2.35. The summed E-state index contributed by atoms with van der Waals surface area (Å²) in [6, 6.07) is 4.72. The van der Waals surface area contributed by atoms with Crippen molar-refractivity contribution >= 4 is 16.9 Å². The number of ether oxygens (including phenoxy) is 1. The van der Waals surface area contributed by atoms with Gasteiger partial charge >= 0.3 is 12.1 Å². The van der Waals surface area contributed by atoms with Crippen molar-refractivity contribution in [1.82, 2.24) is 4.98 Å². The van der Waals surface area contributed by atoms with Crippen LogP contribution in [0, 0.1) is 0 Å². The number of alkyl halides is 3. The van der Waals surface area contributed by atoms with E-state index in [-0.39, 0.29) is 16.7 Å². The molecule has 0 spiro atoms. The molecular weight excluding hydrogens is 263 g/mol. The molecule has 1 aromatic heterocycles. The topological polar surface area (TPSA) is 59.4 Å². The molecule has 0 aliphatic carbocycles. The predicted octanol–water partition coefficient (Wildman–Crippen LogP) is 2.96. The number of aromatic carboxylic acids is 1. The Bertz CT molecular complexity index is 652. The highest BCUT2D eigenvalue weighted by molar-refractivity contribution is 6.05. The lowest BCUT2D eigenvalue weighted by atomic mass is 10.1. The molecule has 0 saturated heterocycles. The van der Waals surface area contributed by atoms with Gasteiger partial charge in [0.25, 0.3) is 0 Å². The number of methoxy groups -OCH3 is 1. The van der Waals surface area contributed by atoms with E-state index in [1.807, 2.05) is 0 Å². The summed E-state index contributed by atoms with van der Waals surface area (Å²) in [6.07, 6.45) is -4.71. The van der Waals surface area contributed by atoms with Crippen LogP contribution in [-0.4, -0.2) is 23.2 Å². The van der Waals surface area contributed by atoms with Crippen molar-refractivity contribution in [3.05, 3.63) is 35.5 Å². The fourth-order valence-electron chi connectivity index (χ4n) is 1.74. The first-order valence-electron chi connectivity index (χ1n) is 5.13. The van der Waals surface area contributed by atoms with Gasteiger partial charge in [-0.2, -0.15) is 13.2 Å². The zero-order valence-electron chi connectivity index (χ0n) is 9.65. The summed E-state index contributed by atoms with van der Waals surface area (Å²) in [7, 11) is 1.30. The molecule has 0 aliphatic heterocycles. The molecule has 0 radical (unpaired) electrons. The van der Waals surface area contributed by atoms with Gasteiger partial charge in [-0.15, -0.1) is 0 Å². The molecule has 0 bridgehead atoms. The smallest absolute Gasteiger partial charge is 0.433 e. The van der Waals surface area contributed by atoms with Crippen molar-refractivity contribution < 1.29 is 27.8 Å². The van der Waals surface area contributed by atoms with Crippen molar-refractivity contribution in [2.45, 2.75) is 6.18 Å². The fourth-order valence-corrected chi connectivity index (χ4v) is 1.74. The summed E-state index contributed by atoms with van der Waals surface area (Å²) >= 11 is 0. The number of carbonyl (C=O) groups is 1. The zero-order chi connectivity index (χ0) is 14.2. The molecular formula is C12H8F3NO3. The fraction of sp³-hybridized carbons (Fsp3) is 0.167. The molecule has 100 valence electrons. The standard InChI is InChI=1S/C12H8F3NO3/c1-19-8-4-2-3-7-10(8)6(11(17)18)5-9(16-7)12(13,14)15/h2-5H,1H3,(H,17,18). The van der Waals surface area contributed by atoms with Crippen molar-refractivity contribution in [3.63, 3.8) is 0 Å². The molecule has 0 amide bonds. The normalized spacial score (nSPS) is 11.6. The van der Waals surface area contributed by atoms with E-state index in [2.05, 4.69) is 4.98 Å². The Morgan fingerprint density at radius 1 is 1.37 bits per heavy atom. The van der Waals surface area contributed by atoms with Crippen LogP contribution >= 0.6 is 0 Å². The number of rotatable bonds is 2. The van der Waals surface area contributed by atoms with Crippen molar-refractivity contribution in [2.75, 3.05) is 7.11 Å². The van der Waals surface area contributed by atoms with E-state index in [4.69, 9.17) is 9.84 Å². The number of carboxylic acids is 1. The lowest BCUT2D eigenvalue weighted by Crippen LogP contribution is -2.11. The second kappa shape index (κ2) is 4.42. The summed E-state index contributed by atoms with van der Waals surface area (Å²) in [6.45, 7) is 0. The first kappa shape index (κ1) is 13.1. The Hall–Kier alpha value is -2.31. The zero-order valence-corrected chi connectivity index (χ0v) is 9.65. The maximum absolute atomic E-state index is 12.7.